The third-order valence-corrected chi connectivity index (χ3v) is 3.48. The Hall–Kier alpha value is -1.99. The number of nitrogens with one attached hydrogen (secondary N) is 1. The quantitative estimate of drug-likeness (QED) is 0.743. The number of carbonyl (C=O) groups is 2. The number of nitrogens with zero attached hydrogens (tertiary/aromatic N) is 4. The number of aliphatic carboxylic acids is 1. The summed E-state index contributed by atoms with van der Waals surface area (Å²) in [7, 11) is 0. The van der Waals surface area contributed by atoms with Crippen molar-refractivity contribution in [3.8, 4) is 0 Å². The standard InChI is InChI=1S/C10H15N5O3/c1-10(9(17)18)4-2-3-7(10)12-8(16)5-15-6-11-13-14-15/h6-7H,2-5H2,1H3,(H,12,16)(H,17,18). The van der Waals surface area contributed by atoms with Crippen LogP contribution in [-0.2, 0) is 16.1 Å². The van der Waals surface area contributed by atoms with Crippen molar-refractivity contribution >= 4 is 11.9 Å². The molecule has 1 aliphatic carbocycles. The van der Waals surface area contributed by atoms with Crippen molar-refractivity contribution in [2.75, 3.05) is 0 Å². The Morgan fingerprint density at radius 1 is 1.61 bits per heavy atom. The Bertz CT molecular complexity index is 446. The number of carboxylic acids is 1. The molecule has 0 aliphatic heterocycles. The minimum absolute atomic E-state index is 0.000795. The van der Waals surface area contributed by atoms with Gasteiger partial charge in [0.15, 0.2) is 0 Å². The van der Waals surface area contributed by atoms with Crippen LogP contribution < -0.4 is 5.32 Å². The lowest BCUT2D eigenvalue weighted by atomic mass is 9.85. The number of hydrogen-bond acceptors (Lipinski definition) is 5. The van der Waals surface area contributed by atoms with E-state index in [9.17, 15) is 14.7 Å². The van der Waals surface area contributed by atoms with E-state index in [2.05, 4.69) is 20.8 Å². The second kappa shape index (κ2) is 4.71. The van der Waals surface area contributed by atoms with E-state index in [1.54, 1.807) is 6.92 Å². The molecule has 98 valence electrons. The van der Waals surface area contributed by atoms with E-state index >= 15 is 0 Å². The van der Waals surface area contributed by atoms with Crippen LogP contribution in [0.1, 0.15) is 26.2 Å². The van der Waals surface area contributed by atoms with Crippen molar-refractivity contribution in [3.05, 3.63) is 6.33 Å². The maximum Gasteiger partial charge on any atom is 0.311 e. The van der Waals surface area contributed by atoms with Crippen molar-refractivity contribution in [3.63, 3.8) is 0 Å². The lowest BCUT2D eigenvalue weighted by Gasteiger charge is -2.27. The zero-order valence-electron chi connectivity index (χ0n) is 10.0. The number of carboxylic acid groups (broad SMARTS) is 1. The summed E-state index contributed by atoms with van der Waals surface area (Å²) in [4.78, 5) is 23.0. The maximum absolute atomic E-state index is 11.8. The molecule has 0 bridgehead atoms. The van der Waals surface area contributed by atoms with Gasteiger partial charge in [-0.25, -0.2) is 4.68 Å². The summed E-state index contributed by atoms with van der Waals surface area (Å²) in [6, 6.07) is -0.334. The fraction of sp³-hybridized carbons (Fsp3) is 0.700. The molecule has 1 amide bonds. The van der Waals surface area contributed by atoms with Gasteiger partial charge in [-0.3, -0.25) is 9.59 Å². The molecule has 8 nitrogen and oxygen atoms in total. The lowest BCUT2D eigenvalue weighted by Crippen LogP contribution is -2.47. The van der Waals surface area contributed by atoms with Crippen LogP contribution in [0.25, 0.3) is 0 Å². The van der Waals surface area contributed by atoms with Gasteiger partial charge < -0.3 is 10.4 Å². The van der Waals surface area contributed by atoms with Gasteiger partial charge in [0, 0.05) is 6.04 Å². The van der Waals surface area contributed by atoms with Crippen molar-refractivity contribution in [2.45, 2.75) is 38.8 Å². The van der Waals surface area contributed by atoms with Crippen LogP contribution in [0, 0.1) is 5.41 Å². The molecule has 0 radical (unpaired) electrons. The predicted octanol–water partition coefficient (Wildman–Crippen LogP) is -0.567. The van der Waals surface area contributed by atoms with E-state index in [1.807, 2.05) is 0 Å². The molecule has 2 unspecified atom stereocenters. The molecule has 1 aliphatic rings. The third kappa shape index (κ3) is 2.31. The summed E-state index contributed by atoms with van der Waals surface area (Å²) in [5, 5.41) is 22.4. The summed E-state index contributed by atoms with van der Waals surface area (Å²) in [5.41, 5.74) is -0.879. The Morgan fingerprint density at radius 3 is 3.00 bits per heavy atom. The minimum Gasteiger partial charge on any atom is -0.481 e. The van der Waals surface area contributed by atoms with Gasteiger partial charge in [-0.1, -0.05) is 6.42 Å². The van der Waals surface area contributed by atoms with Gasteiger partial charge in [0.2, 0.25) is 5.91 Å². The molecule has 1 aromatic rings. The number of carbonyl (C=O) groups excluding carboxylic acids is 1. The van der Waals surface area contributed by atoms with Crippen LogP contribution >= 0.6 is 0 Å². The first kappa shape index (κ1) is 12.5. The first-order valence-corrected chi connectivity index (χ1v) is 5.76. The highest BCUT2D eigenvalue weighted by Gasteiger charge is 2.45. The van der Waals surface area contributed by atoms with Crippen LogP contribution in [-0.4, -0.2) is 43.2 Å². The van der Waals surface area contributed by atoms with E-state index in [0.29, 0.717) is 12.8 Å². The normalized spacial score (nSPS) is 27.1. The topological polar surface area (TPSA) is 110 Å². The van der Waals surface area contributed by atoms with Gasteiger partial charge in [0.1, 0.15) is 12.9 Å². The van der Waals surface area contributed by atoms with Crippen LogP contribution in [0.15, 0.2) is 6.33 Å². The van der Waals surface area contributed by atoms with Crippen molar-refractivity contribution in [1.29, 1.82) is 0 Å². The average molecular weight is 253 g/mol. The Kier molecular flexibility index (Phi) is 3.26. The number of amides is 1. The lowest BCUT2D eigenvalue weighted by molar-refractivity contribution is -0.149. The van der Waals surface area contributed by atoms with Crippen LogP contribution in [0.2, 0.25) is 0 Å². The summed E-state index contributed by atoms with van der Waals surface area (Å²) in [5.74, 6) is -1.14. The van der Waals surface area contributed by atoms with Gasteiger partial charge in [-0.2, -0.15) is 0 Å². The van der Waals surface area contributed by atoms with E-state index in [-0.39, 0.29) is 18.5 Å². The molecule has 0 aromatic carbocycles. The van der Waals surface area contributed by atoms with Crippen LogP contribution in [0.3, 0.4) is 0 Å². The molecule has 18 heavy (non-hydrogen) atoms. The van der Waals surface area contributed by atoms with E-state index < -0.39 is 11.4 Å². The Morgan fingerprint density at radius 2 is 2.39 bits per heavy atom. The molecule has 8 heteroatoms. The first-order valence-electron chi connectivity index (χ1n) is 5.76. The van der Waals surface area contributed by atoms with Gasteiger partial charge in [0.05, 0.1) is 5.41 Å². The van der Waals surface area contributed by atoms with E-state index in [4.69, 9.17) is 0 Å². The predicted molar refractivity (Wildman–Crippen MR) is 59.3 cm³/mol. The molecular weight excluding hydrogens is 238 g/mol. The SMILES string of the molecule is CC1(C(=O)O)CCCC1NC(=O)Cn1cnnn1. The van der Waals surface area contributed by atoms with Crippen molar-refractivity contribution in [1.82, 2.24) is 25.5 Å². The fourth-order valence-corrected chi connectivity index (χ4v) is 2.29. The third-order valence-electron chi connectivity index (χ3n) is 3.48. The molecule has 0 spiro atoms. The number of rotatable bonds is 4. The van der Waals surface area contributed by atoms with E-state index in [0.717, 1.165) is 6.42 Å². The second-order valence-electron chi connectivity index (χ2n) is 4.74. The van der Waals surface area contributed by atoms with Crippen LogP contribution in [0.5, 0.6) is 0 Å². The molecule has 0 saturated heterocycles. The van der Waals surface area contributed by atoms with Gasteiger partial charge in [-0.05, 0) is 30.2 Å². The summed E-state index contributed by atoms with van der Waals surface area (Å²) >= 11 is 0. The van der Waals surface area contributed by atoms with Gasteiger partial charge in [0.25, 0.3) is 0 Å². The Balaban J connectivity index is 1.96. The molecule has 1 aromatic heterocycles. The molecule has 2 rings (SSSR count). The number of tetrazole rings is 1. The van der Waals surface area contributed by atoms with Crippen molar-refractivity contribution in [2.24, 2.45) is 5.41 Å². The average Bonchev–Trinajstić information content (AvgIpc) is 2.90. The zero-order chi connectivity index (χ0) is 13.2. The zero-order valence-corrected chi connectivity index (χ0v) is 10.0. The monoisotopic (exact) mass is 253 g/mol. The smallest absolute Gasteiger partial charge is 0.311 e. The molecule has 1 fully saturated rings. The fourth-order valence-electron chi connectivity index (χ4n) is 2.29. The summed E-state index contributed by atoms with van der Waals surface area (Å²) < 4.78 is 1.29. The minimum atomic E-state index is -0.879. The van der Waals surface area contributed by atoms with Crippen molar-refractivity contribution < 1.29 is 14.7 Å². The largest absolute Gasteiger partial charge is 0.481 e. The number of aromatic nitrogens is 4. The highest BCUT2D eigenvalue weighted by Crippen LogP contribution is 2.38. The molecule has 2 N–H and O–H groups in total. The number of hydrogen-bond donors (Lipinski definition) is 2. The highest BCUT2D eigenvalue weighted by molar-refractivity contribution is 5.80. The Labute approximate surface area is 103 Å². The van der Waals surface area contributed by atoms with Crippen LogP contribution in [0.4, 0.5) is 0 Å². The maximum atomic E-state index is 11.8. The van der Waals surface area contributed by atoms with Gasteiger partial charge >= 0.3 is 5.97 Å². The molecule has 1 heterocycles. The molecule has 1 saturated carbocycles. The summed E-state index contributed by atoms with van der Waals surface area (Å²) in [6.45, 7) is 1.67. The first-order chi connectivity index (χ1) is 8.52. The van der Waals surface area contributed by atoms with Gasteiger partial charge in [-0.15, -0.1) is 5.10 Å². The highest BCUT2D eigenvalue weighted by atomic mass is 16.4. The van der Waals surface area contributed by atoms with E-state index in [1.165, 1.54) is 11.0 Å². The summed E-state index contributed by atoms with van der Waals surface area (Å²) in [6.07, 6.45) is 3.41. The molecular formula is C10H15N5O3. The molecule has 2 atom stereocenters. The second-order valence-corrected chi connectivity index (χ2v) is 4.74.